The van der Waals surface area contributed by atoms with E-state index in [0.717, 1.165) is 5.52 Å². The van der Waals surface area contributed by atoms with Crippen LogP contribution in [0.3, 0.4) is 0 Å². The average molecular weight is 332 g/mol. The average Bonchev–Trinajstić information content (AvgIpc) is 2.84. The standard InChI is InChI=1S/C14H10BrN3O2/c1-8-17-11-3-2-10(12(15)13(11)20-8)18-14(19)9-4-6-16-7-5-9/h2-7H,1H3,(H,18,19). The molecule has 3 aromatic rings. The number of amides is 1. The van der Waals surface area contributed by atoms with Gasteiger partial charge in [-0.25, -0.2) is 4.98 Å². The van der Waals surface area contributed by atoms with Crippen molar-refractivity contribution in [3.05, 3.63) is 52.6 Å². The van der Waals surface area contributed by atoms with Gasteiger partial charge in [-0.1, -0.05) is 0 Å². The van der Waals surface area contributed by atoms with E-state index in [-0.39, 0.29) is 5.91 Å². The van der Waals surface area contributed by atoms with E-state index >= 15 is 0 Å². The van der Waals surface area contributed by atoms with Crippen molar-refractivity contribution < 1.29 is 9.21 Å². The van der Waals surface area contributed by atoms with Gasteiger partial charge in [-0.3, -0.25) is 9.78 Å². The number of carbonyl (C=O) groups is 1. The van der Waals surface area contributed by atoms with Crippen molar-refractivity contribution in [3.63, 3.8) is 0 Å². The van der Waals surface area contributed by atoms with Gasteiger partial charge < -0.3 is 9.73 Å². The highest BCUT2D eigenvalue weighted by Gasteiger charge is 2.13. The SMILES string of the molecule is Cc1nc2ccc(NC(=O)c3ccncc3)c(Br)c2o1. The lowest BCUT2D eigenvalue weighted by Gasteiger charge is -2.07. The van der Waals surface area contributed by atoms with Crippen LogP contribution >= 0.6 is 15.9 Å². The summed E-state index contributed by atoms with van der Waals surface area (Å²) in [6.07, 6.45) is 3.15. The molecule has 0 saturated heterocycles. The van der Waals surface area contributed by atoms with Crippen LogP contribution in [0.5, 0.6) is 0 Å². The predicted molar refractivity (Wildman–Crippen MR) is 78.6 cm³/mol. The minimum absolute atomic E-state index is 0.205. The number of halogens is 1. The number of rotatable bonds is 2. The first kappa shape index (κ1) is 12.8. The molecule has 1 amide bonds. The summed E-state index contributed by atoms with van der Waals surface area (Å²) in [7, 11) is 0. The maximum atomic E-state index is 12.1. The smallest absolute Gasteiger partial charge is 0.255 e. The van der Waals surface area contributed by atoms with Crippen LogP contribution in [0, 0.1) is 6.92 Å². The number of nitrogens with one attached hydrogen (secondary N) is 1. The van der Waals surface area contributed by atoms with E-state index in [1.165, 1.54) is 0 Å². The fourth-order valence-electron chi connectivity index (χ4n) is 1.87. The van der Waals surface area contributed by atoms with Gasteiger partial charge in [0.15, 0.2) is 11.5 Å². The molecule has 0 radical (unpaired) electrons. The van der Waals surface area contributed by atoms with Crippen LogP contribution in [0.1, 0.15) is 16.2 Å². The Hall–Kier alpha value is -2.21. The highest BCUT2D eigenvalue weighted by Crippen LogP contribution is 2.32. The Morgan fingerprint density at radius 3 is 2.75 bits per heavy atom. The Kier molecular flexibility index (Phi) is 3.23. The number of oxazole rings is 1. The summed E-state index contributed by atoms with van der Waals surface area (Å²) in [5, 5.41) is 2.83. The zero-order chi connectivity index (χ0) is 14.1. The van der Waals surface area contributed by atoms with Gasteiger partial charge >= 0.3 is 0 Å². The van der Waals surface area contributed by atoms with Crippen molar-refractivity contribution in [2.75, 3.05) is 5.32 Å². The molecule has 2 heterocycles. The van der Waals surface area contributed by atoms with E-state index in [4.69, 9.17) is 4.42 Å². The van der Waals surface area contributed by atoms with Crippen LogP contribution in [0.4, 0.5) is 5.69 Å². The second-order valence-corrected chi connectivity index (χ2v) is 4.99. The molecule has 0 atom stereocenters. The predicted octanol–water partition coefficient (Wildman–Crippen LogP) is 3.55. The van der Waals surface area contributed by atoms with E-state index in [0.29, 0.717) is 27.2 Å². The number of nitrogens with zero attached hydrogens (tertiary/aromatic N) is 2. The molecule has 0 aliphatic rings. The summed E-state index contributed by atoms with van der Waals surface area (Å²) in [4.78, 5) is 20.2. The van der Waals surface area contributed by atoms with E-state index in [2.05, 4.69) is 31.2 Å². The number of carbonyl (C=O) groups excluding carboxylic acids is 1. The quantitative estimate of drug-likeness (QED) is 0.779. The number of hydrogen-bond donors (Lipinski definition) is 1. The minimum Gasteiger partial charge on any atom is -0.440 e. The molecule has 20 heavy (non-hydrogen) atoms. The third-order valence-electron chi connectivity index (χ3n) is 2.79. The van der Waals surface area contributed by atoms with Gasteiger partial charge in [-0.05, 0) is 40.2 Å². The molecular weight excluding hydrogens is 322 g/mol. The number of hydrogen-bond acceptors (Lipinski definition) is 4. The number of anilines is 1. The summed E-state index contributed by atoms with van der Waals surface area (Å²) in [6.45, 7) is 1.78. The van der Waals surface area contributed by atoms with Crippen molar-refractivity contribution in [3.8, 4) is 0 Å². The number of aryl methyl sites for hydroxylation is 1. The lowest BCUT2D eigenvalue weighted by atomic mass is 10.2. The third kappa shape index (κ3) is 2.30. The van der Waals surface area contributed by atoms with Crippen molar-refractivity contribution in [1.82, 2.24) is 9.97 Å². The van der Waals surface area contributed by atoms with Gasteiger partial charge in [0.2, 0.25) is 0 Å². The molecule has 0 unspecified atom stereocenters. The van der Waals surface area contributed by atoms with Crippen LogP contribution in [-0.2, 0) is 0 Å². The van der Waals surface area contributed by atoms with Crippen LogP contribution in [0.2, 0.25) is 0 Å². The Morgan fingerprint density at radius 1 is 1.25 bits per heavy atom. The number of benzene rings is 1. The lowest BCUT2D eigenvalue weighted by molar-refractivity contribution is 0.102. The van der Waals surface area contributed by atoms with E-state index in [1.54, 1.807) is 43.6 Å². The molecule has 0 bridgehead atoms. The fourth-order valence-corrected chi connectivity index (χ4v) is 2.38. The molecule has 0 fully saturated rings. The zero-order valence-corrected chi connectivity index (χ0v) is 12.1. The molecule has 3 rings (SSSR count). The van der Waals surface area contributed by atoms with Gasteiger partial charge in [0.05, 0.1) is 10.2 Å². The van der Waals surface area contributed by atoms with E-state index < -0.39 is 0 Å². The third-order valence-corrected chi connectivity index (χ3v) is 3.58. The Bertz CT molecular complexity index is 784. The van der Waals surface area contributed by atoms with E-state index in [9.17, 15) is 4.79 Å². The topological polar surface area (TPSA) is 68.0 Å². The van der Waals surface area contributed by atoms with Gasteiger partial charge in [0.1, 0.15) is 5.52 Å². The minimum atomic E-state index is -0.205. The highest BCUT2D eigenvalue weighted by atomic mass is 79.9. The first-order valence-corrected chi connectivity index (χ1v) is 6.71. The molecule has 1 N–H and O–H groups in total. The molecule has 1 aromatic carbocycles. The van der Waals surface area contributed by atoms with Gasteiger partial charge in [-0.15, -0.1) is 0 Å². The number of fused-ring (bicyclic) bond motifs is 1. The summed E-state index contributed by atoms with van der Waals surface area (Å²) >= 11 is 3.44. The molecule has 0 saturated carbocycles. The molecule has 0 aliphatic heterocycles. The highest BCUT2D eigenvalue weighted by molar-refractivity contribution is 9.10. The zero-order valence-electron chi connectivity index (χ0n) is 10.6. The van der Waals surface area contributed by atoms with Gasteiger partial charge in [0, 0.05) is 24.9 Å². The second kappa shape index (κ2) is 5.05. The maximum absolute atomic E-state index is 12.1. The normalized spacial score (nSPS) is 10.7. The first-order chi connectivity index (χ1) is 9.65. The van der Waals surface area contributed by atoms with Crippen LogP contribution in [0.25, 0.3) is 11.1 Å². The lowest BCUT2D eigenvalue weighted by Crippen LogP contribution is -2.12. The molecule has 100 valence electrons. The second-order valence-electron chi connectivity index (χ2n) is 4.20. The van der Waals surface area contributed by atoms with Crippen molar-refractivity contribution >= 4 is 38.6 Å². The van der Waals surface area contributed by atoms with Crippen molar-refractivity contribution in [2.45, 2.75) is 6.92 Å². The number of pyridine rings is 1. The molecule has 0 spiro atoms. The summed E-state index contributed by atoms with van der Waals surface area (Å²) in [6, 6.07) is 6.90. The fraction of sp³-hybridized carbons (Fsp3) is 0.0714. The molecule has 5 nitrogen and oxygen atoms in total. The first-order valence-electron chi connectivity index (χ1n) is 5.92. The molecule has 0 aliphatic carbocycles. The van der Waals surface area contributed by atoms with Crippen LogP contribution in [-0.4, -0.2) is 15.9 Å². The monoisotopic (exact) mass is 331 g/mol. The summed E-state index contributed by atoms with van der Waals surface area (Å²) < 4.78 is 6.19. The van der Waals surface area contributed by atoms with Gasteiger partial charge in [0.25, 0.3) is 5.91 Å². The van der Waals surface area contributed by atoms with Crippen molar-refractivity contribution in [2.24, 2.45) is 0 Å². The number of aromatic nitrogens is 2. The summed E-state index contributed by atoms with van der Waals surface area (Å²) in [5.41, 5.74) is 2.54. The van der Waals surface area contributed by atoms with Gasteiger partial charge in [-0.2, -0.15) is 0 Å². The largest absolute Gasteiger partial charge is 0.440 e. The summed E-state index contributed by atoms with van der Waals surface area (Å²) in [5.74, 6) is 0.377. The Morgan fingerprint density at radius 2 is 2.00 bits per heavy atom. The van der Waals surface area contributed by atoms with Crippen molar-refractivity contribution in [1.29, 1.82) is 0 Å². The maximum Gasteiger partial charge on any atom is 0.255 e. The molecule has 2 aromatic heterocycles. The Balaban J connectivity index is 1.95. The van der Waals surface area contributed by atoms with E-state index in [1.807, 2.05) is 0 Å². The van der Waals surface area contributed by atoms with Crippen LogP contribution in [0.15, 0.2) is 45.5 Å². The van der Waals surface area contributed by atoms with Crippen LogP contribution < -0.4 is 5.32 Å². The molecule has 6 heteroatoms. The molecular formula is C14H10BrN3O2. The Labute approximate surface area is 123 Å².